The molecule has 0 spiro atoms. The van der Waals surface area contributed by atoms with Crippen molar-refractivity contribution in [1.82, 2.24) is 10.2 Å². The molecular weight excluding hydrogens is 232 g/mol. The molecule has 1 heterocycles. The minimum absolute atomic E-state index is 0.103. The van der Waals surface area contributed by atoms with Gasteiger partial charge in [0, 0.05) is 26.2 Å². The Labute approximate surface area is 118 Å². The quantitative estimate of drug-likeness (QED) is 0.874. The molecular formula is C17H28N2. The highest BCUT2D eigenvalue weighted by Crippen LogP contribution is 2.25. The molecule has 0 aliphatic carbocycles. The summed E-state index contributed by atoms with van der Waals surface area (Å²) in [6, 6.07) is 10.9. The number of piperazine rings is 1. The summed E-state index contributed by atoms with van der Waals surface area (Å²) in [6.07, 6.45) is 2.63. The number of nitrogens with zero attached hydrogens (tertiary/aromatic N) is 1. The molecule has 1 aliphatic rings. The fourth-order valence-corrected chi connectivity index (χ4v) is 3.25. The molecule has 0 radical (unpaired) electrons. The normalized spacial score (nSPS) is 26.3. The van der Waals surface area contributed by atoms with Gasteiger partial charge in [-0.05, 0) is 24.8 Å². The third kappa shape index (κ3) is 3.80. The van der Waals surface area contributed by atoms with Crippen molar-refractivity contribution in [3.8, 4) is 0 Å². The number of hydrogen-bond donors (Lipinski definition) is 1. The molecule has 19 heavy (non-hydrogen) atoms. The van der Waals surface area contributed by atoms with Crippen molar-refractivity contribution in [2.75, 3.05) is 26.2 Å². The first-order valence-electron chi connectivity index (χ1n) is 7.67. The molecule has 2 rings (SSSR count). The molecule has 0 saturated carbocycles. The number of rotatable bonds is 5. The van der Waals surface area contributed by atoms with E-state index in [9.17, 15) is 0 Å². The van der Waals surface area contributed by atoms with Gasteiger partial charge in [0.25, 0.3) is 0 Å². The Morgan fingerprint density at radius 1 is 1.32 bits per heavy atom. The lowest BCUT2D eigenvalue weighted by Gasteiger charge is -2.42. The van der Waals surface area contributed by atoms with Crippen LogP contribution in [-0.4, -0.2) is 31.1 Å². The van der Waals surface area contributed by atoms with E-state index in [1.165, 1.54) is 31.5 Å². The van der Waals surface area contributed by atoms with Crippen molar-refractivity contribution in [2.24, 2.45) is 5.92 Å². The second kappa shape index (κ2) is 6.53. The van der Waals surface area contributed by atoms with Crippen LogP contribution in [0, 0.1) is 5.92 Å². The first-order chi connectivity index (χ1) is 9.14. The van der Waals surface area contributed by atoms with Gasteiger partial charge >= 0.3 is 0 Å². The average molecular weight is 260 g/mol. The van der Waals surface area contributed by atoms with Crippen molar-refractivity contribution < 1.29 is 0 Å². The second-order valence-corrected chi connectivity index (χ2v) is 6.25. The van der Waals surface area contributed by atoms with Gasteiger partial charge in [0.05, 0.1) is 5.54 Å². The lowest BCUT2D eigenvalue weighted by Crippen LogP contribution is -2.57. The molecule has 1 N–H and O–H groups in total. The topological polar surface area (TPSA) is 15.3 Å². The van der Waals surface area contributed by atoms with Crippen LogP contribution in [0.5, 0.6) is 0 Å². The van der Waals surface area contributed by atoms with E-state index >= 15 is 0 Å². The van der Waals surface area contributed by atoms with Gasteiger partial charge in [-0.1, -0.05) is 50.6 Å². The highest BCUT2D eigenvalue weighted by atomic mass is 15.2. The van der Waals surface area contributed by atoms with Gasteiger partial charge < -0.3 is 5.32 Å². The number of nitrogens with one attached hydrogen (secondary N) is 1. The zero-order chi connectivity index (χ0) is 13.7. The fourth-order valence-electron chi connectivity index (χ4n) is 3.25. The third-order valence-corrected chi connectivity index (χ3v) is 4.25. The summed E-state index contributed by atoms with van der Waals surface area (Å²) >= 11 is 0. The van der Waals surface area contributed by atoms with Crippen molar-refractivity contribution in [1.29, 1.82) is 0 Å². The van der Waals surface area contributed by atoms with Crippen LogP contribution >= 0.6 is 0 Å². The molecule has 1 aliphatic heterocycles. The van der Waals surface area contributed by atoms with Gasteiger partial charge in [-0.15, -0.1) is 0 Å². The summed E-state index contributed by atoms with van der Waals surface area (Å²) in [7, 11) is 0. The smallest absolute Gasteiger partial charge is 0.0535 e. The number of benzene rings is 1. The van der Waals surface area contributed by atoms with Crippen molar-refractivity contribution >= 4 is 0 Å². The Bertz CT molecular complexity index is 376. The van der Waals surface area contributed by atoms with Crippen LogP contribution < -0.4 is 5.32 Å². The molecule has 0 bridgehead atoms. The molecule has 2 nitrogen and oxygen atoms in total. The first kappa shape index (κ1) is 14.5. The lowest BCUT2D eigenvalue weighted by molar-refractivity contribution is 0.125. The Morgan fingerprint density at radius 3 is 2.74 bits per heavy atom. The molecule has 2 atom stereocenters. The minimum atomic E-state index is 0.103. The molecule has 1 aromatic carbocycles. The van der Waals surface area contributed by atoms with Crippen molar-refractivity contribution in [3.05, 3.63) is 35.9 Å². The number of hydrogen-bond acceptors (Lipinski definition) is 2. The zero-order valence-electron chi connectivity index (χ0n) is 12.7. The van der Waals surface area contributed by atoms with Gasteiger partial charge in [0.1, 0.15) is 0 Å². The molecule has 0 amide bonds. The monoisotopic (exact) mass is 260 g/mol. The van der Waals surface area contributed by atoms with Crippen LogP contribution in [0.25, 0.3) is 0 Å². The molecule has 1 saturated heterocycles. The second-order valence-electron chi connectivity index (χ2n) is 6.25. The van der Waals surface area contributed by atoms with E-state index in [2.05, 4.69) is 61.3 Å². The van der Waals surface area contributed by atoms with E-state index in [0.29, 0.717) is 0 Å². The Morgan fingerprint density at radius 2 is 2.05 bits per heavy atom. The Hall–Kier alpha value is -0.860. The van der Waals surface area contributed by atoms with Gasteiger partial charge in [-0.25, -0.2) is 0 Å². The molecule has 2 unspecified atom stereocenters. The minimum Gasteiger partial charge on any atom is -0.305 e. The molecule has 106 valence electrons. The van der Waals surface area contributed by atoms with Crippen LogP contribution in [0.15, 0.2) is 30.3 Å². The lowest BCUT2D eigenvalue weighted by atomic mass is 9.89. The SMILES string of the molecule is CCCC(C)CN1CCNC(C)(c2ccccc2)C1. The summed E-state index contributed by atoms with van der Waals surface area (Å²) in [5.41, 5.74) is 1.51. The van der Waals surface area contributed by atoms with E-state index in [1.54, 1.807) is 0 Å². The summed E-state index contributed by atoms with van der Waals surface area (Å²) in [5, 5.41) is 3.71. The highest BCUT2D eigenvalue weighted by molar-refractivity contribution is 5.24. The predicted octanol–water partition coefficient (Wildman–Crippen LogP) is 3.24. The fraction of sp³-hybridized carbons (Fsp3) is 0.647. The van der Waals surface area contributed by atoms with Crippen LogP contribution in [0.1, 0.15) is 39.2 Å². The largest absolute Gasteiger partial charge is 0.305 e. The van der Waals surface area contributed by atoms with Gasteiger partial charge in [-0.2, -0.15) is 0 Å². The highest BCUT2D eigenvalue weighted by Gasteiger charge is 2.32. The van der Waals surface area contributed by atoms with Crippen LogP contribution in [-0.2, 0) is 5.54 Å². The third-order valence-electron chi connectivity index (χ3n) is 4.25. The predicted molar refractivity (Wildman–Crippen MR) is 82.3 cm³/mol. The van der Waals surface area contributed by atoms with Gasteiger partial charge in [0.2, 0.25) is 0 Å². The Balaban J connectivity index is 2.00. The maximum absolute atomic E-state index is 3.71. The summed E-state index contributed by atoms with van der Waals surface area (Å²) in [4.78, 5) is 2.63. The van der Waals surface area contributed by atoms with Crippen molar-refractivity contribution in [3.63, 3.8) is 0 Å². The van der Waals surface area contributed by atoms with Crippen LogP contribution in [0.2, 0.25) is 0 Å². The molecule has 1 fully saturated rings. The van der Waals surface area contributed by atoms with E-state index in [4.69, 9.17) is 0 Å². The Kier molecular flexibility index (Phi) is 5.00. The van der Waals surface area contributed by atoms with E-state index < -0.39 is 0 Å². The van der Waals surface area contributed by atoms with Crippen molar-refractivity contribution in [2.45, 2.75) is 39.2 Å². The van der Waals surface area contributed by atoms with Crippen LogP contribution in [0.4, 0.5) is 0 Å². The summed E-state index contributed by atoms with van der Waals surface area (Å²) in [5.74, 6) is 0.808. The zero-order valence-corrected chi connectivity index (χ0v) is 12.7. The molecule has 1 aromatic rings. The maximum atomic E-state index is 3.71. The van der Waals surface area contributed by atoms with E-state index in [-0.39, 0.29) is 5.54 Å². The van der Waals surface area contributed by atoms with E-state index in [0.717, 1.165) is 19.0 Å². The van der Waals surface area contributed by atoms with Gasteiger partial charge in [0.15, 0.2) is 0 Å². The first-order valence-corrected chi connectivity index (χ1v) is 7.67. The van der Waals surface area contributed by atoms with Crippen LogP contribution in [0.3, 0.4) is 0 Å². The van der Waals surface area contributed by atoms with Gasteiger partial charge in [-0.3, -0.25) is 4.90 Å². The van der Waals surface area contributed by atoms with E-state index in [1.807, 2.05) is 0 Å². The maximum Gasteiger partial charge on any atom is 0.0535 e. The summed E-state index contributed by atoms with van der Waals surface area (Å²) < 4.78 is 0. The average Bonchev–Trinajstić information content (AvgIpc) is 2.40. The summed E-state index contributed by atoms with van der Waals surface area (Å²) in [6.45, 7) is 11.6. The molecule has 0 aromatic heterocycles. The standard InChI is InChI=1S/C17H28N2/c1-4-8-15(2)13-19-12-11-18-17(3,14-19)16-9-6-5-7-10-16/h5-7,9-10,15,18H,4,8,11-14H2,1-3H3. The molecule has 2 heteroatoms.